The summed E-state index contributed by atoms with van der Waals surface area (Å²) in [7, 11) is 0. The lowest BCUT2D eigenvalue weighted by Crippen LogP contribution is -2.28. The van der Waals surface area contributed by atoms with E-state index >= 15 is 0 Å². The highest BCUT2D eigenvalue weighted by Crippen LogP contribution is 2.27. The Morgan fingerprint density at radius 3 is 2.42 bits per heavy atom. The molecule has 0 aliphatic rings. The molecule has 0 radical (unpaired) electrons. The number of benzene rings is 3. The predicted molar refractivity (Wildman–Crippen MR) is 126 cm³/mol. The second-order valence-electron chi connectivity index (χ2n) is 7.59. The second kappa shape index (κ2) is 9.38. The number of rotatable bonds is 6. The van der Waals surface area contributed by atoms with Crippen LogP contribution in [-0.2, 0) is 4.79 Å². The van der Waals surface area contributed by atoms with Gasteiger partial charge < -0.3 is 18.6 Å². The topological polar surface area (TPSA) is 75.0 Å². The summed E-state index contributed by atoms with van der Waals surface area (Å²) < 4.78 is 22.4. The molecule has 7 heteroatoms. The van der Waals surface area contributed by atoms with Crippen molar-refractivity contribution in [2.75, 3.05) is 0 Å². The minimum absolute atomic E-state index is 0.0749. The molecule has 1 unspecified atom stereocenters. The lowest BCUT2D eigenvalue weighted by atomic mass is 10.1. The quantitative estimate of drug-likeness (QED) is 0.249. The van der Waals surface area contributed by atoms with E-state index in [4.69, 9.17) is 30.2 Å². The van der Waals surface area contributed by atoms with Crippen molar-refractivity contribution in [2.24, 2.45) is 0 Å². The van der Waals surface area contributed by atoms with Gasteiger partial charge >= 0.3 is 5.97 Å². The van der Waals surface area contributed by atoms with E-state index < -0.39 is 12.1 Å². The number of carbonyl (C=O) groups excluding carboxylic acids is 1. The van der Waals surface area contributed by atoms with Gasteiger partial charge in [-0.25, -0.2) is 4.79 Å². The first-order chi connectivity index (χ1) is 15.8. The smallest absolute Gasteiger partial charge is 0.352 e. The average molecular weight is 465 g/mol. The van der Waals surface area contributed by atoms with Gasteiger partial charge in [0.05, 0.1) is 5.39 Å². The second-order valence-corrected chi connectivity index (χ2v) is 8.03. The molecule has 168 valence electrons. The maximum absolute atomic E-state index is 12.9. The maximum Gasteiger partial charge on any atom is 0.352 e. The summed E-state index contributed by atoms with van der Waals surface area (Å²) in [4.78, 5) is 25.3. The van der Waals surface area contributed by atoms with E-state index in [9.17, 15) is 9.59 Å². The zero-order valence-corrected chi connectivity index (χ0v) is 19.0. The van der Waals surface area contributed by atoms with E-state index in [2.05, 4.69) is 0 Å². The van der Waals surface area contributed by atoms with Gasteiger partial charge in [-0.2, -0.15) is 0 Å². The Bertz CT molecular complexity index is 1370. The van der Waals surface area contributed by atoms with Crippen molar-refractivity contribution in [3.8, 4) is 23.0 Å². The van der Waals surface area contributed by atoms with Crippen molar-refractivity contribution in [1.82, 2.24) is 0 Å². The van der Waals surface area contributed by atoms with Crippen LogP contribution in [0.25, 0.3) is 11.0 Å². The van der Waals surface area contributed by atoms with Gasteiger partial charge in [0.25, 0.3) is 0 Å². The fourth-order valence-corrected chi connectivity index (χ4v) is 3.25. The SMILES string of the molecule is Cc1ccc(C)c(Oc2coc3cc(OC(=O)C(C)Oc4ccc(Cl)cc4)ccc3c2=O)c1. The van der Waals surface area contributed by atoms with Crippen LogP contribution in [0.2, 0.25) is 5.02 Å². The first-order valence-corrected chi connectivity index (χ1v) is 10.6. The van der Waals surface area contributed by atoms with Gasteiger partial charge in [-0.1, -0.05) is 23.7 Å². The summed E-state index contributed by atoms with van der Waals surface area (Å²) in [6, 6.07) is 16.9. The summed E-state index contributed by atoms with van der Waals surface area (Å²) >= 11 is 5.85. The van der Waals surface area contributed by atoms with Crippen LogP contribution in [0.1, 0.15) is 18.1 Å². The minimum atomic E-state index is -0.859. The Labute approximate surface area is 195 Å². The molecule has 0 aliphatic heterocycles. The average Bonchev–Trinajstić information content (AvgIpc) is 2.79. The van der Waals surface area contributed by atoms with Crippen molar-refractivity contribution in [2.45, 2.75) is 26.9 Å². The van der Waals surface area contributed by atoms with Crippen LogP contribution in [-0.4, -0.2) is 12.1 Å². The molecule has 0 amide bonds. The molecular formula is C26H21ClO6. The molecule has 4 rings (SSSR count). The fourth-order valence-electron chi connectivity index (χ4n) is 3.13. The summed E-state index contributed by atoms with van der Waals surface area (Å²) in [5.74, 6) is 0.782. The summed E-state index contributed by atoms with van der Waals surface area (Å²) in [6.07, 6.45) is 0.395. The molecular weight excluding hydrogens is 444 g/mol. The van der Waals surface area contributed by atoms with Crippen LogP contribution in [0.4, 0.5) is 0 Å². The van der Waals surface area contributed by atoms with Crippen LogP contribution in [0.15, 0.2) is 76.1 Å². The molecule has 4 aromatic rings. The molecule has 6 nitrogen and oxygen atoms in total. The standard InChI is InChI=1S/C26H21ClO6/c1-15-4-5-16(2)22(12-15)33-24-14-30-23-13-20(10-11-21(23)25(24)28)32-26(29)17(3)31-19-8-6-18(27)7-9-19/h4-14,17H,1-3H3. The van der Waals surface area contributed by atoms with Gasteiger partial charge in [-0.3, -0.25) is 4.79 Å². The third-order valence-corrected chi connectivity index (χ3v) is 5.21. The van der Waals surface area contributed by atoms with Gasteiger partial charge in [0.1, 0.15) is 29.1 Å². The lowest BCUT2D eigenvalue weighted by Gasteiger charge is -2.14. The molecule has 33 heavy (non-hydrogen) atoms. The number of esters is 1. The maximum atomic E-state index is 12.9. The van der Waals surface area contributed by atoms with E-state index in [1.54, 1.807) is 31.2 Å². The van der Waals surface area contributed by atoms with E-state index in [1.807, 2.05) is 32.0 Å². The number of hydrogen-bond acceptors (Lipinski definition) is 6. The first kappa shape index (κ1) is 22.4. The highest BCUT2D eigenvalue weighted by Gasteiger charge is 2.18. The lowest BCUT2D eigenvalue weighted by molar-refractivity contribution is -0.141. The van der Waals surface area contributed by atoms with Crippen LogP contribution in [0.3, 0.4) is 0 Å². The van der Waals surface area contributed by atoms with Gasteiger partial charge in [-0.15, -0.1) is 0 Å². The number of ether oxygens (including phenoxy) is 3. The normalized spacial score (nSPS) is 11.8. The van der Waals surface area contributed by atoms with Crippen LogP contribution in [0, 0.1) is 13.8 Å². The zero-order valence-electron chi connectivity index (χ0n) is 18.3. The summed E-state index contributed by atoms with van der Waals surface area (Å²) in [5.41, 5.74) is 1.86. The molecule has 1 atom stereocenters. The number of fused-ring (bicyclic) bond motifs is 1. The highest BCUT2D eigenvalue weighted by atomic mass is 35.5. The number of carbonyl (C=O) groups is 1. The van der Waals surface area contributed by atoms with E-state index in [0.29, 0.717) is 21.9 Å². The van der Waals surface area contributed by atoms with Crippen LogP contribution in [0.5, 0.6) is 23.0 Å². The zero-order chi connectivity index (χ0) is 23.5. The van der Waals surface area contributed by atoms with Gasteiger partial charge in [0.2, 0.25) is 11.2 Å². The Hall–Kier alpha value is -3.77. The number of aryl methyl sites for hydroxylation is 2. The van der Waals surface area contributed by atoms with Crippen LogP contribution >= 0.6 is 11.6 Å². The van der Waals surface area contributed by atoms with Crippen LogP contribution < -0.4 is 19.6 Å². The molecule has 1 heterocycles. The molecule has 1 aromatic heterocycles. The van der Waals surface area contributed by atoms with Crippen molar-refractivity contribution < 1.29 is 23.4 Å². The molecule has 0 N–H and O–H groups in total. The van der Waals surface area contributed by atoms with Gasteiger partial charge in [-0.05, 0) is 74.4 Å². The fraction of sp³-hybridized carbons (Fsp3) is 0.154. The highest BCUT2D eigenvalue weighted by molar-refractivity contribution is 6.30. The number of hydrogen-bond donors (Lipinski definition) is 0. The Kier molecular flexibility index (Phi) is 6.38. The third kappa shape index (κ3) is 5.18. The predicted octanol–water partition coefficient (Wildman–Crippen LogP) is 6.23. The molecule has 0 bridgehead atoms. The first-order valence-electron chi connectivity index (χ1n) is 10.2. The van der Waals surface area contributed by atoms with E-state index in [0.717, 1.165) is 11.1 Å². The van der Waals surface area contributed by atoms with Crippen molar-refractivity contribution in [3.63, 3.8) is 0 Å². The Morgan fingerprint density at radius 2 is 1.67 bits per heavy atom. The largest absolute Gasteiger partial charge is 0.479 e. The summed E-state index contributed by atoms with van der Waals surface area (Å²) in [5, 5.41) is 0.876. The molecule has 0 saturated heterocycles. The van der Waals surface area contributed by atoms with Gasteiger partial charge in [0.15, 0.2) is 6.10 Å². The minimum Gasteiger partial charge on any atom is -0.479 e. The van der Waals surface area contributed by atoms with Gasteiger partial charge in [0, 0.05) is 11.1 Å². The monoisotopic (exact) mass is 464 g/mol. The number of halogens is 1. The summed E-state index contributed by atoms with van der Waals surface area (Å²) in [6.45, 7) is 5.42. The molecule has 3 aromatic carbocycles. The molecule has 0 aliphatic carbocycles. The molecule has 0 fully saturated rings. The van der Waals surface area contributed by atoms with E-state index in [-0.39, 0.29) is 22.5 Å². The molecule has 0 spiro atoms. The van der Waals surface area contributed by atoms with Crippen molar-refractivity contribution >= 4 is 28.5 Å². The Balaban J connectivity index is 1.50. The Morgan fingerprint density at radius 1 is 0.939 bits per heavy atom. The van der Waals surface area contributed by atoms with E-state index in [1.165, 1.54) is 24.5 Å². The third-order valence-electron chi connectivity index (χ3n) is 4.95. The molecule has 0 saturated carbocycles. The van der Waals surface area contributed by atoms with Crippen molar-refractivity contribution in [3.05, 3.63) is 93.3 Å². The van der Waals surface area contributed by atoms with Crippen molar-refractivity contribution in [1.29, 1.82) is 0 Å².